The summed E-state index contributed by atoms with van der Waals surface area (Å²) in [5.41, 5.74) is 10.6. The summed E-state index contributed by atoms with van der Waals surface area (Å²) >= 11 is 0. The number of benzene rings is 5. The fourth-order valence-corrected chi connectivity index (χ4v) is 8.12. The molecule has 3 heterocycles. The Kier molecular flexibility index (Phi) is 5.56. The molecule has 0 N–H and O–H groups in total. The highest BCUT2D eigenvalue weighted by atomic mass is 16.3. The van der Waals surface area contributed by atoms with Gasteiger partial charge in [-0.25, -0.2) is 0 Å². The van der Waals surface area contributed by atoms with Crippen LogP contribution in [0.1, 0.15) is 41.2 Å². The maximum atomic E-state index is 10.4. The van der Waals surface area contributed by atoms with E-state index >= 15 is 0 Å². The van der Waals surface area contributed by atoms with Gasteiger partial charge in [0.25, 0.3) is 0 Å². The van der Waals surface area contributed by atoms with E-state index in [4.69, 9.17) is 4.42 Å². The zero-order valence-corrected chi connectivity index (χ0v) is 25.7. The van der Waals surface area contributed by atoms with Gasteiger partial charge in [0.1, 0.15) is 11.8 Å². The minimum atomic E-state index is 0.0667. The number of fused-ring (bicyclic) bond motifs is 10. The Morgan fingerprint density at radius 3 is 2.04 bits per heavy atom. The maximum Gasteiger partial charge on any atom is 0.159 e. The molecular weight excluding hydrogens is 574 g/mol. The van der Waals surface area contributed by atoms with Crippen molar-refractivity contribution in [3.8, 4) is 11.8 Å². The Bertz CT molecular complexity index is 2680. The summed E-state index contributed by atoms with van der Waals surface area (Å²) in [6.07, 6.45) is 14.1. The molecule has 0 amide bonds. The summed E-state index contributed by atoms with van der Waals surface area (Å²) in [4.78, 5) is 0. The van der Waals surface area contributed by atoms with Gasteiger partial charge >= 0.3 is 0 Å². The molecule has 1 unspecified atom stereocenters. The van der Waals surface area contributed by atoms with Crippen molar-refractivity contribution in [3.05, 3.63) is 150 Å². The average Bonchev–Trinajstić information content (AvgIpc) is 3.79. The fraction of sp³-hybridized carbons (Fsp3) is 0.0930. The number of nitriles is 1. The molecule has 0 spiro atoms. The van der Waals surface area contributed by atoms with Crippen molar-refractivity contribution in [1.29, 1.82) is 5.26 Å². The molecule has 0 saturated carbocycles. The summed E-state index contributed by atoms with van der Waals surface area (Å²) in [7, 11) is 0. The van der Waals surface area contributed by atoms with Crippen LogP contribution in [0, 0.1) is 11.3 Å². The Morgan fingerprint density at radius 1 is 0.660 bits per heavy atom. The van der Waals surface area contributed by atoms with Gasteiger partial charge in [-0.2, -0.15) is 5.26 Å². The van der Waals surface area contributed by atoms with Crippen LogP contribution in [0.3, 0.4) is 0 Å². The molecule has 8 aromatic rings. The first-order chi connectivity index (χ1) is 23.3. The number of nitrogens with zero attached hydrogens (tertiary/aromatic N) is 3. The van der Waals surface area contributed by atoms with E-state index in [0.29, 0.717) is 5.56 Å². The lowest BCUT2D eigenvalue weighted by atomic mass is 9.85. The Balaban J connectivity index is 1.18. The Labute approximate surface area is 271 Å². The van der Waals surface area contributed by atoms with Crippen LogP contribution in [0.15, 0.2) is 132 Å². The van der Waals surface area contributed by atoms with Crippen LogP contribution in [-0.2, 0) is 6.42 Å². The summed E-state index contributed by atoms with van der Waals surface area (Å²) in [5.74, 6) is 0.987. The number of para-hydroxylation sites is 4. The minimum absolute atomic E-state index is 0.0667. The maximum absolute atomic E-state index is 10.4. The molecule has 4 heteroatoms. The van der Waals surface area contributed by atoms with Crippen molar-refractivity contribution in [1.82, 2.24) is 9.13 Å². The second-order valence-corrected chi connectivity index (χ2v) is 12.6. The molecule has 2 aliphatic carbocycles. The zero-order chi connectivity index (χ0) is 31.1. The molecule has 10 rings (SSSR count). The third-order valence-corrected chi connectivity index (χ3v) is 10.2. The molecule has 1 atom stereocenters. The number of aromatic nitrogens is 2. The third kappa shape index (κ3) is 3.69. The molecule has 0 bridgehead atoms. The second-order valence-electron chi connectivity index (χ2n) is 12.6. The van der Waals surface area contributed by atoms with Crippen LogP contribution in [0.5, 0.6) is 0 Å². The lowest BCUT2D eigenvalue weighted by molar-refractivity contribution is 0.593. The van der Waals surface area contributed by atoms with Gasteiger partial charge in [-0.3, -0.25) is 0 Å². The summed E-state index contributed by atoms with van der Waals surface area (Å²) < 4.78 is 11.5. The van der Waals surface area contributed by atoms with Gasteiger partial charge < -0.3 is 13.6 Å². The lowest BCUT2D eigenvalue weighted by Gasteiger charge is -2.22. The van der Waals surface area contributed by atoms with E-state index in [1.165, 1.54) is 38.3 Å². The van der Waals surface area contributed by atoms with Gasteiger partial charge in [-0.15, -0.1) is 0 Å². The van der Waals surface area contributed by atoms with Crippen LogP contribution in [0.25, 0.3) is 72.0 Å². The first-order valence-corrected chi connectivity index (χ1v) is 16.3. The summed E-state index contributed by atoms with van der Waals surface area (Å²) in [5, 5.41) is 16.4. The quantitative estimate of drug-likeness (QED) is 0.202. The monoisotopic (exact) mass is 603 g/mol. The number of hydrogen-bond donors (Lipinski definition) is 0. The number of rotatable bonds is 3. The highest BCUT2D eigenvalue weighted by Crippen LogP contribution is 2.44. The van der Waals surface area contributed by atoms with Crippen molar-refractivity contribution < 1.29 is 4.42 Å². The predicted octanol–water partition coefficient (Wildman–Crippen LogP) is 11.1. The van der Waals surface area contributed by atoms with Crippen molar-refractivity contribution in [2.75, 3.05) is 0 Å². The third-order valence-electron chi connectivity index (χ3n) is 10.2. The molecule has 0 saturated heterocycles. The van der Waals surface area contributed by atoms with E-state index in [1.54, 1.807) is 0 Å². The Hall–Kier alpha value is -6.05. The topological polar surface area (TPSA) is 46.8 Å². The molecule has 222 valence electrons. The molecule has 0 aliphatic heterocycles. The highest BCUT2D eigenvalue weighted by molar-refractivity contribution is 6.18. The van der Waals surface area contributed by atoms with Gasteiger partial charge in [0.2, 0.25) is 0 Å². The Morgan fingerprint density at radius 2 is 1.34 bits per heavy atom. The van der Waals surface area contributed by atoms with Crippen LogP contribution >= 0.6 is 0 Å². The van der Waals surface area contributed by atoms with Gasteiger partial charge in [0.05, 0.1) is 33.3 Å². The van der Waals surface area contributed by atoms with E-state index in [0.717, 1.165) is 63.8 Å². The number of hydrogen-bond acceptors (Lipinski definition) is 2. The van der Waals surface area contributed by atoms with Gasteiger partial charge in [0, 0.05) is 44.1 Å². The van der Waals surface area contributed by atoms with Crippen molar-refractivity contribution in [2.24, 2.45) is 0 Å². The van der Waals surface area contributed by atoms with E-state index in [2.05, 4.69) is 137 Å². The largest absolute Gasteiger partial charge is 0.454 e. The van der Waals surface area contributed by atoms with Crippen LogP contribution in [-0.4, -0.2) is 9.13 Å². The standard InChI is InChI=1S/C43H29N3O/c44-26-28-11-10-17-30(41(28)46-38-19-8-4-14-31(38)32-15-5-9-20-39(32)46)27-21-24-40-36(25-27)35-23-22-34-33-16-6-7-18-37(33)45(42(34)43(35)47-40)29-12-2-1-3-13-29/h2,4-24,27H,1,3,25H2. The summed E-state index contributed by atoms with van der Waals surface area (Å²) in [6.45, 7) is 0. The zero-order valence-electron chi connectivity index (χ0n) is 25.7. The van der Waals surface area contributed by atoms with E-state index in [9.17, 15) is 5.26 Å². The minimum Gasteiger partial charge on any atom is -0.454 e. The molecular formula is C43H29N3O. The molecule has 0 radical (unpaired) electrons. The first kappa shape index (κ1) is 26.2. The molecule has 3 aromatic heterocycles. The van der Waals surface area contributed by atoms with E-state index in [1.807, 2.05) is 12.1 Å². The fourth-order valence-electron chi connectivity index (χ4n) is 8.12. The number of allylic oxidation sites excluding steroid dienone is 5. The van der Waals surface area contributed by atoms with Crippen LogP contribution in [0.4, 0.5) is 0 Å². The van der Waals surface area contributed by atoms with Crippen molar-refractivity contribution >= 4 is 66.4 Å². The van der Waals surface area contributed by atoms with Gasteiger partial charge in [-0.1, -0.05) is 97.1 Å². The number of furan rings is 1. The molecule has 5 aromatic carbocycles. The first-order valence-electron chi connectivity index (χ1n) is 16.3. The molecule has 47 heavy (non-hydrogen) atoms. The highest BCUT2D eigenvalue weighted by Gasteiger charge is 2.28. The lowest BCUT2D eigenvalue weighted by Crippen LogP contribution is -2.10. The van der Waals surface area contributed by atoms with E-state index < -0.39 is 0 Å². The van der Waals surface area contributed by atoms with Crippen molar-refractivity contribution in [2.45, 2.75) is 25.2 Å². The molecule has 2 aliphatic rings. The predicted molar refractivity (Wildman–Crippen MR) is 193 cm³/mol. The van der Waals surface area contributed by atoms with Gasteiger partial charge in [0.15, 0.2) is 5.58 Å². The normalized spacial score (nSPS) is 16.0. The average molecular weight is 604 g/mol. The van der Waals surface area contributed by atoms with E-state index in [-0.39, 0.29) is 5.92 Å². The SMILES string of the molecule is N#Cc1cccc(C2C=Cc3oc4c(ccc5c6ccccc6n(C6=CCCC=C6)c54)c3C2)c1-n1c2ccccc2c2ccccc21. The summed E-state index contributed by atoms with van der Waals surface area (Å²) in [6, 6.07) is 38.9. The molecule has 0 fully saturated rings. The van der Waals surface area contributed by atoms with Crippen molar-refractivity contribution in [3.63, 3.8) is 0 Å². The smallest absolute Gasteiger partial charge is 0.159 e. The molecule has 4 nitrogen and oxygen atoms in total. The second kappa shape index (κ2) is 9.97. The van der Waals surface area contributed by atoms with Crippen LogP contribution in [0.2, 0.25) is 0 Å². The van der Waals surface area contributed by atoms with Crippen LogP contribution < -0.4 is 0 Å². The van der Waals surface area contributed by atoms with Gasteiger partial charge in [-0.05, 0) is 61.2 Å².